The predicted octanol–water partition coefficient (Wildman–Crippen LogP) is 2.02. The van der Waals surface area contributed by atoms with E-state index in [0.717, 1.165) is 24.9 Å². The standard InChI is InChI=1S/C19H26N2O3/c1-19(15-8-4-3-5-9-15)14-21(12-13-24-19)18(23)16-10-6-7-11-20(2)17(16)22/h3-5,8-9,16H,6-7,10-14H2,1-2H3/t16-,19+/m1/s1. The summed E-state index contributed by atoms with van der Waals surface area (Å²) in [5.41, 5.74) is 0.543. The van der Waals surface area contributed by atoms with Crippen LogP contribution in [-0.4, -0.2) is 54.9 Å². The molecule has 0 aliphatic carbocycles. The van der Waals surface area contributed by atoms with Gasteiger partial charge >= 0.3 is 0 Å². The van der Waals surface area contributed by atoms with Crippen LogP contribution in [0.15, 0.2) is 30.3 Å². The Hall–Kier alpha value is -1.88. The maximum atomic E-state index is 13.0. The number of likely N-dealkylation sites (tertiary alicyclic amines) is 1. The van der Waals surface area contributed by atoms with Crippen molar-refractivity contribution >= 4 is 11.8 Å². The van der Waals surface area contributed by atoms with Crippen molar-refractivity contribution in [3.8, 4) is 0 Å². The molecule has 24 heavy (non-hydrogen) atoms. The van der Waals surface area contributed by atoms with Gasteiger partial charge in [0.05, 0.1) is 13.2 Å². The van der Waals surface area contributed by atoms with Crippen LogP contribution in [-0.2, 0) is 19.9 Å². The van der Waals surface area contributed by atoms with Crippen LogP contribution in [0.2, 0.25) is 0 Å². The van der Waals surface area contributed by atoms with Gasteiger partial charge in [-0.2, -0.15) is 0 Å². The third-order valence-corrected chi connectivity index (χ3v) is 5.18. The number of carbonyl (C=O) groups is 2. The molecule has 2 amide bonds. The average molecular weight is 330 g/mol. The summed E-state index contributed by atoms with van der Waals surface area (Å²) in [6.07, 6.45) is 2.55. The molecule has 0 radical (unpaired) electrons. The first kappa shape index (κ1) is 17.0. The molecule has 0 spiro atoms. The second-order valence-corrected chi connectivity index (χ2v) is 7.01. The van der Waals surface area contributed by atoms with Crippen molar-refractivity contribution in [2.45, 2.75) is 31.8 Å². The molecule has 0 bridgehead atoms. The molecule has 5 heteroatoms. The predicted molar refractivity (Wildman–Crippen MR) is 91.3 cm³/mol. The molecule has 2 saturated heterocycles. The average Bonchev–Trinajstić information content (AvgIpc) is 2.77. The molecule has 0 unspecified atom stereocenters. The summed E-state index contributed by atoms with van der Waals surface area (Å²) < 4.78 is 6.00. The lowest BCUT2D eigenvalue weighted by Crippen LogP contribution is -2.53. The Balaban J connectivity index is 1.76. The number of carbonyl (C=O) groups excluding carboxylic acids is 2. The zero-order valence-electron chi connectivity index (χ0n) is 14.5. The van der Waals surface area contributed by atoms with Crippen LogP contribution in [0.3, 0.4) is 0 Å². The number of benzene rings is 1. The fraction of sp³-hybridized carbons (Fsp3) is 0.579. The van der Waals surface area contributed by atoms with Gasteiger partial charge in [-0.1, -0.05) is 36.8 Å². The second kappa shape index (κ2) is 6.93. The molecule has 0 aromatic heterocycles. The summed E-state index contributed by atoms with van der Waals surface area (Å²) in [6.45, 7) is 4.29. The summed E-state index contributed by atoms with van der Waals surface area (Å²) in [7, 11) is 1.79. The first-order chi connectivity index (χ1) is 11.5. The summed E-state index contributed by atoms with van der Waals surface area (Å²) in [6, 6.07) is 9.98. The van der Waals surface area contributed by atoms with Crippen LogP contribution in [0.5, 0.6) is 0 Å². The number of ether oxygens (including phenoxy) is 1. The Morgan fingerprint density at radius 2 is 1.96 bits per heavy atom. The molecule has 1 aromatic carbocycles. The van der Waals surface area contributed by atoms with Crippen LogP contribution >= 0.6 is 0 Å². The first-order valence-electron chi connectivity index (χ1n) is 8.74. The molecule has 5 nitrogen and oxygen atoms in total. The minimum Gasteiger partial charge on any atom is -0.367 e. The van der Waals surface area contributed by atoms with E-state index in [4.69, 9.17) is 4.74 Å². The zero-order chi connectivity index (χ0) is 17.2. The SMILES string of the molecule is CN1CCCC[C@@H](C(=O)N2CCO[C@](C)(c3ccccc3)C2)C1=O. The third kappa shape index (κ3) is 3.31. The first-order valence-corrected chi connectivity index (χ1v) is 8.74. The van der Waals surface area contributed by atoms with Crippen molar-refractivity contribution in [1.82, 2.24) is 9.80 Å². The van der Waals surface area contributed by atoms with E-state index in [1.54, 1.807) is 11.9 Å². The van der Waals surface area contributed by atoms with Crippen molar-refractivity contribution in [1.29, 1.82) is 0 Å². The topological polar surface area (TPSA) is 49.9 Å². The molecule has 2 atom stereocenters. The van der Waals surface area contributed by atoms with Crippen LogP contribution in [0.1, 0.15) is 31.7 Å². The van der Waals surface area contributed by atoms with Gasteiger partial charge < -0.3 is 14.5 Å². The minimum absolute atomic E-state index is 0.0367. The maximum absolute atomic E-state index is 13.0. The minimum atomic E-state index is -0.532. The molecule has 2 fully saturated rings. The number of morpholine rings is 1. The van der Waals surface area contributed by atoms with Crippen LogP contribution in [0, 0.1) is 5.92 Å². The zero-order valence-corrected chi connectivity index (χ0v) is 14.5. The van der Waals surface area contributed by atoms with E-state index >= 15 is 0 Å². The van der Waals surface area contributed by atoms with Crippen LogP contribution in [0.25, 0.3) is 0 Å². The lowest BCUT2D eigenvalue weighted by atomic mass is 9.92. The fourth-order valence-electron chi connectivity index (χ4n) is 3.67. The van der Waals surface area contributed by atoms with Gasteiger partial charge in [0.2, 0.25) is 11.8 Å². The smallest absolute Gasteiger partial charge is 0.235 e. The van der Waals surface area contributed by atoms with E-state index in [9.17, 15) is 9.59 Å². The van der Waals surface area contributed by atoms with Crippen molar-refractivity contribution in [2.75, 3.05) is 33.3 Å². The Kier molecular flexibility index (Phi) is 4.90. The summed E-state index contributed by atoms with van der Waals surface area (Å²) in [5, 5.41) is 0. The van der Waals surface area contributed by atoms with E-state index in [0.29, 0.717) is 26.1 Å². The quantitative estimate of drug-likeness (QED) is 0.780. The van der Waals surface area contributed by atoms with Gasteiger partial charge in [-0.05, 0) is 25.3 Å². The Morgan fingerprint density at radius 1 is 1.21 bits per heavy atom. The van der Waals surface area contributed by atoms with E-state index in [-0.39, 0.29) is 11.8 Å². The molecule has 2 aliphatic rings. The summed E-state index contributed by atoms with van der Waals surface area (Å²) in [5.74, 6) is -0.611. The largest absolute Gasteiger partial charge is 0.367 e. The van der Waals surface area contributed by atoms with Gasteiger partial charge in [-0.3, -0.25) is 9.59 Å². The normalized spacial score (nSPS) is 28.6. The highest BCUT2D eigenvalue weighted by atomic mass is 16.5. The van der Waals surface area contributed by atoms with Gasteiger partial charge in [0, 0.05) is 20.1 Å². The number of hydrogen-bond donors (Lipinski definition) is 0. The lowest BCUT2D eigenvalue weighted by molar-refractivity contribution is -0.158. The Labute approximate surface area is 143 Å². The molecule has 3 rings (SSSR count). The van der Waals surface area contributed by atoms with Crippen molar-refractivity contribution < 1.29 is 14.3 Å². The lowest BCUT2D eigenvalue weighted by Gasteiger charge is -2.42. The van der Waals surface area contributed by atoms with Crippen molar-refractivity contribution in [3.63, 3.8) is 0 Å². The molecular formula is C19H26N2O3. The number of nitrogens with zero attached hydrogens (tertiary/aromatic N) is 2. The molecule has 2 heterocycles. The highest BCUT2D eigenvalue weighted by molar-refractivity contribution is 6.00. The molecule has 0 saturated carbocycles. The maximum Gasteiger partial charge on any atom is 0.235 e. The molecule has 2 aliphatic heterocycles. The molecular weight excluding hydrogens is 304 g/mol. The van der Waals surface area contributed by atoms with E-state index in [1.807, 2.05) is 42.2 Å². The van der Waals surface area contributed by atoms with Gasteiger partial charge in [0.15, 0.2) is 0 Å². The van der Waals surface area contributed by atoms with E-state index in [1.165, 1.54) is 0 Å². The third-order valence-electron chi connectivity index (χ3n) is 5.18. The van der Waals surface area contributed by atoms with Gasteiger partial charge in [-0.15, -0.1) is 0 Å². The van der Waals surface area contributed by atoms with Gasteiger partial charge in [0.1, 0.15) is 11.5 Å². The van der Waals surface area contributed by atoms with Crippen LogP contribution < -0.4 is 0 Å². The van der Waals surface area contributed by atoms with E-state index in [2.05, 4.69) is 0 Å². The number of amides is 2. The summed E-state index contributed by atoms with van der Waals surface area (Å²) in [4.78, 5) is 29.0. The Morgan fingerprint density at radius 3 is 2.71 bits per heavy atom. The Bertz CT molecular complexity index is 604. The van der Waals surface area contributed by atoms with Crippen LogP contribution in [0.4, 0.5) is 0 Å². The highest BCUT2D eigenvalue weighted by Crippen LogP contribution is 2.30. The molecule has 0 N–H and O–H groups in total. The van der Waals surface area contributed by atoms with Gasteiger partial charge in [0.25, 0.3) is 0 Å². The second-order valence-electron chi connectivity index (χ2n) is 7.01. The van der Waals surface area contributed by atoms with E-state index < -0.39 is 11.5 Å². The van der Waals surface area contributed by atoms with Crippen molar-refractivity contribution in [2.24, 2.45) is 5.92 Å². The van der Waals surface area contributed by atoms with Crippen molar-refractivity contribution in [3.05, 3.63) is 35.9 Å². The molecule has 130 valence electrons. The number of rotatable bonds is 2. The summed E-state index contributed by atoms with van der Waals surface area (Å²) >= 11 is 0. The van der Waals surface area contributed by atoms with Gasteiger partial charge in [-0.25, -0.2) is 0 Å². The molecule has 1 aromatic rings. The highest BCUT2D eigenvalue weighted by Gasteiger charge is 2.40. The monoisotopic (exact) mass is 330 g/mol. The fourth-order valence-corrected chi connectivity index (χ4v) is 3.67. The number of hydrogen-bond acceptors (Lipinski definition) is 3.